The fourth-order valence-corrected chi connectivity index (χ4v) is 2.23. The molecule has 0 saturated carbocycles. The summed E-state index contributed by atoms with van der Waals surface area (Å²) < 4.78 is 2.70. The summed E-state index contributed by atoms with van der Waals surface area (Å²) in [6, 6.07) is 1.87. The van der Waals surface area contributed by atoms with Gasteiger partial charge in [-0.3, -0.25) is 4.79 Å². The van der Waals surface area contributed by atoms with Gasteiger partial charge in [0.2, 0.25) is 0 Å². The summed E-state index contributed by atoms with van der Waals surface area (Å²) in [6.45, 7) is 2.61. The largest absolute Gasteiger partial charge is 0.347 e. The molecule has 1 aromatic heterocycles. The van der Waals surface area contributed by atoms with E-state index in [2.05, 4.69) is 28.2 Å². The number of aryl methyl sites for hydroxylation is 1. The van der Waals surface area contributed by atoms with Gasteiger partial charge in [-0.1, -0.05) is 19.8 Å². The van der Waals surface area contributed by atoms with E-state index in [4.69, 9.17) is 5.73 Å². The van der Waals surface area contributed by atoms with Gasteiger partial charge >= 0.3 is 0 Å². The molecule has 0 aliphatic rings. The number of nitrogens with two attached hydrogens (primary N) is 1. The summed E-state index contributed by atoms with van der Waals surface area (Å²) in [5.74, 6) is -0.0650. The third-order valence-corrected chi connectivity index (χ3v) is 3.16. The Morgan fingerprint density at radius 2 is 2.35 bits per heavy atom. The van der Waals surface area contributed by atoms with Gasteiger partial charge in [0.1, 0.15) is 5.69 Å². The summed E-state index contributed by atoms with van der Waals surface area (Å²) in [5, 5.41) is 2.97. The quantitative estimate of drug-likeness (QED) is 0.845. The van der Waals surface area contributed by atoms with E-state index in [1.165, 1.54) is 0 Å². The minimum atomic E-state index is -0.0650. The van der Waals surface area contributed by atoms with Gasteiger partial charge in [0.25, 0.3) is 5.91 Å². The molecule has 0 radical (unpaired) electrons. The predicted octanol–water partition coefficient (Wildman–Crippen LogP) is 2.03. The van der Waals surface area contributed by atoms with Crippen LogP contribution in [0.4, 0.5) is 0 Å². The number of carbonyl (C=O) groups excluding carboxylic acids is 1. The summed E-state index contributed by atoms with van der Waals surface area (Å²) in [7, 11) is 1.85. The van der Waals surface area contributed by atoms with Crippen LogP contribution in [0.3, 0.4) is 0 Å². The number of amides is 1. The molecule has 1 aromatic rings. The van der Waals surface area contributed by atoms with E-state index in [9.17, 15) is 4.79 Å². The molecular formula is C12H20BrN3O. The smallest absolute Gasteiger partial charge is 0.268 e. The van der Waals surface area contributed by atoms with E-state index in [1.807, 2.05) is 19.3 Å². The molecule has 3 N–H and O–H groups in total. The van der Waals surface area contributed by atoms with E-state index in [0.717, 1.165) is 23.7 Å². The van der Waals surface area contributed by atoms with E-state index >= 15 is 0 Å². The maximum Gasteiger partial charge on any atom is 0.268 e. The Bertz CT molecular complexity index is 376. The summed E-state index contributed by atoms with van der Waals surface area (Å²) in [4.78, 5) is 12.0. The van der Waals surface area contributed by atoms with Crippen molar-refractivity contribution in [2.45, 2.75) is 32.2 Å². The van der Waals surface area contributed by atoms with Gasteiger partial charge in [0.15, 0.2) is 0 Å². The average Bonchev–Trinajstić information content (AvgIpc) is 2.63. The van der Waals surface area contributed by atoms with Crippen LogP contribution in [0.15, 0.2) is 16.7 Å². The minimum Gasteiger partial charge on any atom is -0.347 e. The van der Waals surface area contributed by atoms with Crippen molar-refractivity contribution >= 4 is 21.8 Å². The first-order valence-electron chi connectivity index (χ1n) is 5.91. The van der Waals surface area contributed by atoms with Crippen molar-refractivity contribution in [1.82, 2.24) is 9.88 Å². The van der Waals surface area contributed by atoms with Crippen molar-refractivity contribution in [3.63, 3.8) is 0 Å². The number of hydrogen-bond acceptors (Lipinski definition) is 2. The maximum absolute atomic E-state index is 12.0. The first-order chi connectivity index (χ1) is 8.08. The predicted molar refractivity (Wildman–Crippen MR) is 72.9 cm³/mol. The normalized spacial score (nSPS) is 12.5. The molecule has 1 rings (SSSR count). The number of aromatic nitrogens is 1. The highest BCUT2D eigenvalue weighted by Crippen LogP contribution is 2.13. The van der Waals surface area contributed by atoms with Crippen molar-refractivity contribution in [2.24, 2.45) is 12.8 Å². The molecule has 5 heteroatoms. The van der Waals surface area contributed by atoms with Crippen molar-refractivity contribution < 1.29 is 4.79 Å². The second-order valence-electron chi connectivity index (χ2n) is 4.20. The van der Waals surface area contributed by atoms with Crippen LogP contribution < -0.4 is 11.1 Å². The number of nitrogens with one attached hydrogen (secondary N) is 1. The molecule has 1 unspecified atom stereocenters. The van der Waals surface area contributed by atoms with Crippen molar-refractivity contribution in [1.29, 1.82) is 0 Å². The van der Waals surface area contributed by atoms with Crippen LogP contribution >= 0.6 is 15.9 Å². The van der Waals surface area contributed by atoms with Crippen LogP contribution in [0.2, 0.25) is 0 Å². The van der Waals surface area contributed by atoms with Gasteiger partial charge in [-0.05, 0) is 28.4 Å². The van der Waals surface area contributed by atoms with E-state index in [-0.39, 0.29) is 11.9 Å². The van der Waals surface area contributed by atoms with Gasteiger partial charge in [0.05, 0.1) is 0 Å². The molecule has 1 atom stereocenters. The molecule has 0 fully saturated rings. The van der Waals surface area contributed by atoms with Crippen LogP contribution in [-0.4, -0.2) is 23.1 Å². The lowest BCUT2D eigenvalue weighted by Crippen LogP contribution is -2.40. The van der Waals surface area contributed by atoms with Gasteiger partial charge in [-0.2, -0.15) is 0 Å². The Kier molecular flexibility index (Phi) is 5.71. The first kappa shape index (κ1) is 14.3. The molecule has 1 amide bonds. The highest BCUT2D eigenvalue weighted by atomic mass is 79.9. The first-order valence-corrected chi connectivity index (χ1v) is 6.70. The van der Waals surface area contributed by atoms with E-state index in [0.29, 0.717) is 12.2 Å². The summed E-state index contributed by atoms with van der Waals surface area (Å²) in [6.07, 6.45) is 4.99. The number of halogens is 1. The number of unbranched alkanes of at least 4 members (excludes halogenated alkanes) is 1. The molecule has 17 heavy (non-hydrogen) atoms. The van der Waals surface area contributed by atoms with Crippen molar-refractivity contribution in [3.05, 3.63) is 22.4 Å². The van der Waals surface area contributed by atoms with Crippen LogP contribution in [-0.2, 0) is 7.05 Å². The molecule has 0 bridgehead atoms. The molecule has 0 aliphatic carbocycles. The third kappa shape index (κ3) is 4.16. The van der Waals surface area contributed by atoms with Crippen LogP contribution in [0.5, 0.6) is 0 Å². The number of rotatable bonds is 6. The fraction of sp³-hybridized carbons (Fsp3) is 0.583. The Morgan fingerprint density at radius 1 is 1.65 bits per heavy atom. The highest BCUT2D eigenvalue weighted by Gasteiger charge is 2.15. The SMILES string of the molecule is CCCCC(CN)NC(=O)c1cc(Br)cn1C. The fourth-order valence-electron chi connectivity index (χ4n) is 1.71. The third-order valence-electron chi connectivity index (χ3n) is 2.73. The Labute approximate surface area is 111 Å². The number of hydrogen-bond donors (Lipinski definition) is 2. The lowest BCUT2D eigenvalue weighted by Gasteiger charge is -2.16. The number of nitrogens with zero attached hydrogens (tertiary/aromatic N) is 1. The van der Waals surface area contributed by atoms with Gasteiger partial charge < -0.3 is 15.6 Å². The Balaban J connectivity index is 2.61. The van der Waals surface area contributed by atoms with Crippen LogP contribution in [0.1, 0.15) is 36.7 Å². The standard InChI is InChI=1S/C12H20BrN3O/c1-3-4-5-10(7-14)15-12(17)11-6-9(13)8-16(11)2/h6,8,10H,3-5,7,14H2,1-2H3,(H,15,17). The maximum atomic E-state index is 12.0. The second kappa shape index (κ2) is 6.81. The van der Waals surface area contributed by atoms with Crippen LogP contribution in [0, 0.1) is 0 Å². The lowest BCUT2D eigenvalue weighted by atomic mass is 10.1. The average molecular weight is 302 g/mol. The Hall–Kier alpha value is -0.810. The van der Waals surface area contributed by atoms with Gasteiger partial charge in [0, 0.05) is 30.3 Å². The lowest BCUT2D eigenvalue weighted by molar-refractivity contribution is 0.0927. The van der Waals surface area contributed by atoms with Gasteiger partial charge in [-0.25, -0.2) is 0 Å². The summed E-state index contributed by atoms with van der Waals surface area (Å²) >= 11 is 3.35. The molecule has 4 nitrogen and oxygen atoms in total. The molecule has 0 aliphatic heterocycles. The van der Waals surface area contributed by atoms with E-state index in [1.54, 1.807) is 4.57 Å². The van der Waals surface area contributed by atoms with Crippen molar-refractivity contribution in [2.75, 3.05) is 6.54 Å². The topological polar surface area (TPSA) is 60.0 Å². The minimum absolute atomic E-state index is 0.0650. The zero-order chi connectivity index (χ0) is 12.8. The highest BCUT2D eigenvalue weighted by molar-refractivity contribution is 9.10. The Morgan fingerprint density at radius 3 is 2.82 bits per heavy atom. The van der Waals surface area contributed by atoms with Gasteiger partial charge in [-0.15, -0.1) is 0 Å². The molecule has 0 saturated heterocycles. The van der Waals surface area contributed by atoms with E-state index < -0.39 is 0 Å². The second-order valence-corrected chi connectivity index (χ2v) is 5.12. The zero-order valence-electron chi connectivity index (χ0n) is 10.4. The zero-order valence-corrected chi connectivity index (χ0v) is 12.0. The monoisotopic (exact) mass is 301 g/mol. The molecular weight excluding hydrogens is 282 g/mol. The number of carbonyl (C=O) groups is 1. The molecule has 0 aromatic carbocycles. The molecule has 96 valence electrons. The molecule has 1 heterocycles. The molecule has 0 spiro atoms. The summed E-state index contributed by atoms with van der Waals surface area (Å²) in [5.41, 5.74) is 6.30. The van der Waals surface area contributed by atoms with Crippen LogP contribution in [0.25, 0.3) is 0 Å². The van der Waals surface area contributed by atoms with Crippen molar-refractivity contribution in [3.8, 4) is 0 Å².